The van der Waals surface area contributed by atoms with Gasteiger partial charge in [0.2, 0.25) is 0 Å². The summed E-state index contributed by atoms with van der Waals surface area (Å²) in [5.74, 6) is -4.34. The second kappa shape index (κ2) is 11.0. The van der Waals surface area contributed by atoms with E-state index >= 15 is 0 Å². The van der Waals surface area contributed by atoms with Gasteiger partial charge in [-0.15, -0.1) is 0 Å². The summed E-state index contributed by atoms with van der Waals surface area (Å²) in [6.45, 7) is 1.62. The molecule has 0 bridgehead atoms. The number of hydrogen-bond acceptors (Lipinski definition) is 11. The van der Waals surface area contributed by atoms with Gasteiger partial charge in [0.1, 0.15) is 17.2 Å². The third kappa shape index (κ3) is 4.83. The van der Waals surface area contributed by atoms with Crippen LogP contribution in [0.4, 0.5) is 11.4 Å². The van der Waals surface area contributed by atoms with Crippen molar-refractivity contribution in [3.8, 4) is 6.07 Å². The van der Waals surface area contributed by atoms with E-state index in [2.05, 4.69) is 0 Å². The molecule has 0 amide bonds. The maximum atomic E-state index is 13.1. The first kappa shape index (κ1) is 26.4. The third-order valence-electron chi connectivity index (χ3n) is 5.53. The monoisotopic (exact) mass is 506 g/mol. The highest BCUT2D eigenvalue weighted by Gasteiger charge is 2.44. The molecule has 1 atom stereocenters. The van der Waals surface area contributed by atoms with Gasteiger partial charge in [-0.05, 0) is 24.6 Å². The minimum atomic E-state index is -1.14. The summed E-state index contributed by atoms with van der Waals surface area (Å²) in [5.41, 5.74) is 4.79. The van der Waals surface area contributed by atoms with Crippen molar-refractivity contribution in [2.24, 2.45) is 5.73 Å². The molecule has 0 aromatic heterocycles. The highest BCUT2D eigenvalue weighted by molar-refractivity contribution is 6.07. The standard InChI is InChI=1S/C25H22N4O8/c1-4-37-23(30)15-10-11-17(18(12-15)29(33)34)28-21(25(32)36-3)20(24(31)35-2)19(16(13-26)22(28)27)14-8-6-5-7-9-14/h5-12,19H,4,27H2,1-3H3. The number of benzene rings is 2. The van der Waals surface area contributed by atoms with E-state index in [1.807, 2.05) is 6.07 Å². The molecule has 2 aromatic rings. The Morgan fingerprint density at radius 2 is 1.73 bits per heavy atom. The van der Waals surface area contributed by atoms with Crippen molar-refractivity contribution in [3.05, 3.63) is 92.4 Å². The number of nitro groups is 1. The highest BCUT2D eigenvalue weighted by atomic mass is 16.6. The topological polar surface area (TPSA) is 175 Å². The molecule has 3 rings (SSSR count). The van der Waals surface area contributed by atoms with Crippen molar-refractivity contribution in [1.29, 1.82) is 5.26 Å². The van der Waals surface area contributed by atoms with Crippen LogP contribution in [0.25, 0.3) is 0 Å². The van der Waals surface area contributed by atoms with Crippen molar-refractivity contribution in [2.45, 2.75) is 12.8 Å². The van der Waals surface area contributed by atoms with Crippen molar-refractivity contribution in [1.82, 2.24) is 0 Å². The van der Waals surface area contributed by atoms with Crippen LogP contribution >= 0.6 is 0 Å². The van der Waals surface area contributed by atoms with Crippen LogP contribution in [-0.2, 0) is 23.8 Å². The van der Waals surface area contributed by atoms with Crippen LogP contribution in [0.3, 0.4) is 0 Å². The number of hydrogen-bond donors (Lipinski definition) is 1. The molecule has 0 saturated heterocycles. The van der Waals surface area contributed by atoms with E-state index < -0.39 is 40.1 Å². The number of nitriles is 1. The van der Waals surface area contributed by atoms with E-state index in [1.54, 1.807) is 37.3 Å². The van der Waals surface area contributed by atoms with Crippen LogP contribution in [-0.4, -0.2) is 43.7 Å². The molecular weight excluding hydrogens is 484 g/mol. The molecule has 1 unspecified atom stereocenters. The van der Waals surface area contributed by atoms with Gasteiger partial charge in [0.15, 0.2) is 0 Å². The minimum absolute atomic E-state index is 0.0420. The summed E-state index contributed by atoms with van der Waals surface area (Å²) in [6.07, 6.45) is 0. The van der Waals surface area contributed by atoms with Gasteiger partial charge in [0.05, 0.1) is 54.4 Å². The van der Waals surface area contributed by atoms with Gasteiger partial charge >= 0.3 is 17.9 Å². The Morgan fingerprint density at radius 1 is 1.08 bits per heavy atom. The lowest BCUT2D eigenvalue weighted by molar-refractivity contribution is -0.384. The molecule has 0 saturated carbocycles. The summed E-state index contributed by atoms with van der Waals surface area (Å²) < 4.78 is 14.8. The zero-order valence-electron chi connectivity index (χ0n) is 20.1. The number of nitrogens with two attached hydrogens (primary N) is 1. The first-order valence-corrected chi connectivity index (χ1v) is 10.8. The van der Waals surface area contributed by atoms with E-state index in [-0.39, 0.29) is 34.8 Å². The number of nitro benzene ring substituents is 1. The molecule has 0 radical (unpaired) electrons. The molecule has 1 aliphatic heterocycles. The van der Waals surface area contributed by atoms with Gasteiger partial charge in [-0.25, -0.2) is 14.4 Å². The Bertz CT molecular complexity index is 1370. The van der Waals surface area contributed by atoms with Gasteiger partial charge in [-0.1, -0.05) is 30.3 Å². The maximum absolute atomic E-state index is 13.1. The first-order chi connectivity index (χ1) is 17.7. The lowest BCUT2D eigenvalue weighted by Gasteiger charge is -2.35. The Labute approximate surface area is 211 Å². The fourth-order valence-electron chi connectivity index (χ4n) is 3.96. The lowest BCUT2D eigenvalue weighted by Crippen LogP contribution is -2.41. The number of anilines is 1. The van der Waals surface area contributed by atoms with E-state index in [1.165, 1.54) is 6.07 Å². The number of allylic oxidation sites excluding steroid dienone is 1. The summed E-state index contributed by atoms with van der Waals surface area (Å²) in [6, 6.07) is 13.6. The second-order valence-corrected chi connectivity index (χ2v) is 7.52. The summed E-state index contributed by atoms with van der Waals surface area (Å²) in [5, 5.41) is 22.1. The fraction of sp³-hybridized carbons (Fsp3) is 0.200. The zero-order chi connectivity index (χ0) is 27.3. The normalized spacial score (nSPS) is 15.1. The first-order valence-electron chi connectivity index (χ1n) is 10.8. The molecule has 1 heterocycles. The average molecular weight is 506 g/mol. The third-order valence-corrected chi connectivity index (χ3v) is 5.53. The fourth-order valence-corrected chi connectivity index (χ4v) is 3.96. The predicted molar refractivity (Wildman–Crippen MR) is 129 cm³/mol. The molecule has 12 nitrogen and oxygen atoms in total. The SMILES string of the molecule is CCOC(=O)c1ccc(N2C(N)=C(C#N)C(c3ccccc3)C(C(=O)OC)=C2C(=O)OC)c([N+](=O)[O-])c1. The van der Waals surface area contributed by atoms with Crippen LogP contribution in [0.15, 0.2) is 71.2 Å². The van der Waals surface area contributed by atoms with Crippen LogP contribution in [0.5, 0.6) is 0 Å². The van der Waals surface area contributed by atoms with E-state index in [4.69, 9.17) is 19.9 Å². The van der Waals surface area contributed by atoms with Crippen molar-refractivity contribution in [2.75, 3.05) is 25.7 Å². The lowest BCUT2D eigenvalue weighted by atomic mass is 9.81. The Hall–Kier alpha value is -5.18. The number of carbonyl (C=O) groups is 3. The number of methoxy groups -OCH3 is 2. The zero-order valence-corrected chi connectivity index (χ0v) is 20.1. The van der Waals surface area contributed by atoms with Crippen molar-refractivity contribution >= 4 is 29.3 Å². The van der Waals surface area contributed by atoms with Crippen molar-refractivity contribution in [3.63, 3.8) is 0 Å². The van der Waals surface area contributed by atoms with Crippen LogP contribution in [0.2, 0.25) is 0 Å². The number of nitrogens with zero attached hydrogens (tertiary/aromatic N) is 3. The van der Waals surface area contributed by atoms with E-state index in [0.717, 1.165) is 31.3 Å². The molecular formula is C25H22N4O8. The van der Waals surface area contributed by atoms with Gasteiger partial charge in [0.25, 0.3) is 5.69 Å². The number of rotatable bonds is 7. The predicted octanol–water partition coefficient (Wildman–Crippen LogP) is 2.67. The molecule has 0 spiro atoms. The average Bonchev–Trinajstić information content (AvgIpc) is 2.91. The smallest absolute Gasteiger partial charge is 0.355 e. The molecule has 37 heavy (non-hydrogen) atoms. The largest absolute Gasteiger partial charge is 0.466 e. The number of esters is 3. The minimum Gasteiger partial charge on any atom is -0.466 e. The summed E-state index contributed by atoms with van der Waals surface area (Å²) in [4.78, 5) is 50.5. The van der Waals surface area contributed by atoms with Crippen LogP contribution in [0, 0.1) is 21.4 Å². The van der Waals surface area contributed by atoms with Crippen LogP contribution in [0.1, 0.15) is 28.8 Å². The molecule has 1 aliphatic rings. The Kier molecular flexibility index (Phi) is 7.89. The van der Waals surface area contributed by atoms with Gasteiger partial charge in [-0.2, -0.15) is 5.26 Å². The van der Waals surface area contributed by atoms with Crippen molar-refractivity contribution < 1.29 is 33.5 Å². The Balaban J connectivity index is 2.43. The quantitative estimate of drug-likeness (QED) is 0.253. The molecule has 190 valence electrons. The van der Waals surface area contributed by atoms with Gasteiger partial charge < -0.3 is 19.9 Å². The molecule has 0 fully saturated rings. The molecule has 12 heteroatoms. The van der Waals surface area contributed by atoms with E-state index in [0.29, 0.717) is 5.56 Å². The molecule has 0 aliphatic carbocycles. The number of carbonyl (C=O) groups excluding carboxylic acids is 3. The maximum Gasteiger partial charge on any atom is 0.355 e. The number of ether oxygens (including phenoxy) is 3. The van der Waals surface area contributed by atoms with E-state index in [9.17, 15) is 29.8 Å². The Morgan fingerprint density at radius 3 is 2.27 bits per heavy atom. The summed E-state index contributed by atoms with van der Waals surface area (Å²) >= 11 is 0. The molecule has 2 N–H and O–H groups in total. The molecule has 2 aromatic carbocycles. The summed E-state index contributed by atoms with van der Waals surface area (Å²) in [7, 11) is 2.14. The van der Waals surface area contributed by atoms with Gasteiger partial charge in [-0.3, -0.25) is 15.0 Å². The second-order valence-electron chi connectivity index (χ2n) is 7.52. The van der Waals surface area contributed by atoms with Crippen LogP contribution < -0.4 is 10.6 Å². The highest BCUT2D eigenvalue weighted by Crippen LogP contribution is 2.45. The van der Waals surface area contributed by atoms with Gasteiger partial charge in [0, 0.05) is 6.07 Å².